The molecule has 1 N–H and O–H groups in total. The first-order valence-corrected chi connectivity index (χ1v) is 3.96. The third kappa shape index (κ3) is 4.12. The van der Waals surface area contributed by atoms with Crippen molar-refractivity contribution in [3.63, 3.8) is 0 Å². The number of aliphatic hydroxyl groups is 1. The lowest BCUT2D eigenvalue weighted by Crippen LogP contribution is -2.34. The predicted molar refractivity (Wildman–Crippen MR) is 44.1 cm³/mol. The normalized spacial score (nSPS) is 17.5. The standard InChI is InChI=1S/C8H14O5/c1-3-7(6(11)4-9)13-8(5-10)12-2/h4-8,11H,3H2,1-2H3. The molecule has 0 rings (SSSR count). The fourth-order valence-corrected chi connectivity index (χ4v) is 0.821. The van der Waals surface area contributed by atoms with E-state index in [-0.39, 0.29) is 0 Å². The van der Waals surface area contributed by atoms with Gasteiger partial charge >= 0.3 is 0 Å². The van der Waals surface area contributed by atoms with Gasteiger partial charge in [0.25, 0.3) is 0 Å². The van der Waals surface area contributed by atoms with E-state index in [1.165, 1.54) is 7.11 Å². The maximum atomic E-state index is 10.3. The molecule has 13 heavy (non-hydrogen) atoms. The minimum absolute atomic E-state index is 0.367. The highest BCUT2D eigenvalue weighted by Gasteiger charge is 2.21. The molecule has 0 fully saturated rings. The Morgan fingerprint density at radius 2 is 2.00 bits per heavy atom. The number of carbonyl (C=O) groups excluding carboxylic acids is 2. The second kappa shape index (κ2) is 6.71. The van der Waals surface area contributed by atoms with Gasteiger partial charge in [-0.1, -0.05) is 6.92 Å². The molecule has 0 heterocycles. The lowest BCUT2D eigenvalue weighted by molar-refractivity contribution is -0.178. The second-order valence-corrected chi connectivity index (χ2v) is 2.45. The topological polar surface area (TPSA) is 72.8 Å². The van der Waals surface area contributed by atoms with Crippen LogP contribution in [-0.4, -0.2) is 43.3 Å². The van der Waals surface area contributed by atoms with Crippen molar-refractivity contribution >= 4 is 12.6 Å². The number of ether oxygens (including phenoxy) is 2. The van der Waals surface area contributed by atoms with Crippen LogP contribution in [-0.2, 0) is 19.1 Å². The number of carbonyl (C=O) groups is 2. The van der Waals surface area contributed by atoms with Crippen molar-refractivity contribution in [2.45, 2.75) is 31.8 Å². The van der Waals surface area contributed by atoms with E-state index in [0.717, 1.165) is 0 Å². The Kier molecular flexibility index (Phi) is 6.30. The largest absolute Gasteiger partial charge is 0.383 e. The zero-order valence-corrected chi connectivity index (χ0v) is 7.67. The summed E-state index contributed by atoms with van der Waals surface area (Å²) in [6.45, 7) is 1.73. The Labute approximate surface area is 76.6 Å². The Bertz CT molecular complexity index is 159. The van der Waals surface area contributed by atoms with Crippen LogP contribution < -0.4 is 0 Å². The maximum Gasteiger partial charge on any atom is 0.214 e. The van der Waals surface area contributed by atoms with Crippen LogP contribution in [0.1, 0.15) is 13.3 Å². The van der Waals surface area contributed by atoms with Gasteiger partial charge in [0.05, 0.1) is 6.10 Å². The van der Waals surface area contributed by atoms with E-state index >= 15 is 0 Å². The fourth-order valence-electron chi connectivity index (χ4n) is 0.821. The first-order chi connectivity index (χ1) is 6.19. The maximum absolute atomic E-state index is 10.3. The van der Waals surface area contributed by atoms with E-state index < -0.39 is 18.5 Å². The average Bonchev–Trinajstić information content (AvgIpc) is 2.19. The summed E-state index contributed by atoms with van der Waals surface area (Å²) in [5.74, 6) is 0. The zero-order valence-electron chi connectivity index (χ0n) is 7.67. The summed E-state index contributed by atoms with van der Waals surface area (Å²) in [5, 5.41) is 9.09. The Morgan fingerprint density at radius 1 is 1.38 bits per heavy atom. The number of rotatable bonds is 7. The van der Waals surface area contributed by atoms with Gasteiger partial charge in [0.2, 0.25) is 6.29 Å². The first kappa shape index (κ1) is 12.2. The number of aliphatic hydroxyl groups excluding tert-OH is 1. The van der Waals surface area contributed by atoms with Gasteiger partial charge in [0, 0.05) is 7.11 Å². The van der Waals surface area contributed by atoms with E-state index in [1.54, 1.807) is 6.92 Å². The van der Waals surface area contributed by atoms with Gasteiger partial charge in [-0.2, -0.15) is 0 Å². The van der Waals surface area contributed by atoms with Crippen LogP contribution in [0.5, 0.6) is 0 Å². The van der Waals surface area contributed by atoms with Gasteiger partial charge in [-0.15, -0.1) is 0 Å². The van der Waals surface area contributed by atoms with Gasteiger partial charge in [-0.3, -0.25) is 4.79 Å². The van der Waals surface area contributed by atoms with Crippen LogP contribution in [0.3, 0.4) is 0 Å². The predicted octanol–water partition coefficient (Wildman–Crippen LogP) is -0.487. The smallest absolute Gasteiger partial charge is 0.214 e. The summed E-state index contributed by atoms with van der Waals surface area (Å²) in [6.07, 6.45) is -1.70. The van der Waals surface area contributed by atoms with E-state index in [4.69, 9.17) is 9.84 Å². The summed E-state index contributed by atoms with van der Waals surface area (Å²) >= 11 is 0. The van der Waals surface area contributed by atoms with Crippen molar-refractivity contribution in [2.24, 2.45) is 0 Å². The molecule has 0 saturated heterocycles. The summed E-state index contributed by atoms with van der Waals surface area (Å²) < 4.78 is 9.59. The molecule has 0 spiro atoms. The van der Waals surface area contributed by atoms with Crippen molar-refractivity contribution in [3.8, 4) is 0 Å². The number of aldehydes is 2. The van der Waals surface area contributed by atoms with E-state index in [2.05, 4.69) is 4.74 Å². The third-order valence-electron chi connectivity index (χ3n) is 1.58. The molecular weight excluding hydrogens is 176 g/mol. The SMILES string of the molecule is CCC(OC(C=O)OC)C(O)C=O. The molecule has 0 aliphatic carbocycles. The van der Waals surface area contributed by atoms with Crippen LogP contribution in [0, 0.1) is 0 Å². The molecule has 0 aromatic rings. The highest BCUT2D eigenvalue weighted by Crippen LogP contribution is 2.06. The van der Waals surface area contributed by atoms with Crippen LogP contribution in [0.4, 0.5) is 0 Å². The Morgan fingerprint density at radius 3 is 2.31 bits per heavy atom. The molecule has 5 heteroatoms. The van der Waals surface area contributed by atoms with Crippen LogP contribution in [0.25, 0.3) is 0 Å². The summed E-state index contributed by atoms with van der Waals surface area (Å²) in [5.41, 5.74) is 0. The van der Waals surface area contributed by atoms with Crippen LogP contribution >= 0.6 is 0 Å². The van der Waals surface area contributed by atoms with Gasteiger partial charge in [-0.25, -0.2) is 0 Å². The molecule has 0 amide bonds. The molecule has 3 atom stereocenters. The van der Waals surface area contributed by atoms with Crippen molar-refractivity contribution in [2.75, 3.05) is 7.11 Å². The molecule has 0 aliphatic rings. The van der Waals surface area contributed by atoms with Gasteiger partial charge in [-0.05, 0) is 6.42 Å². The monoisotopic (exact) mass is 190 g/mol. The Hall–Kier alpha value is -0.780. The molecule has 0 aromatic carbocycles. The summed E-state index contributed by atoms with van der Waals surface area (Å²) in [4.78, 5) is 20.5. The second-order valence-electron chi connectivity index (χ2n) is 2.45. The van der Waals surface area contributed by atoms with E-state index in [0.29, 0.717) is 19.0 Å². The molecule has 0 bridgehead atoms. The molecule has 0 saturated carbocycles. The van der Waals surface area contributed by atoms with Crippen molar-refractivity contribution in [1.29, 1.82) is 0 Å². The van der Waals surface area contributed by atoms with Gasteiger partial charge < -0.3 is 19.4 Å². The molecule has 0 radical (unpaired) electrons. The van der Waals surface area contributed by atoms with Crippen molar-refractivity contribution in [1.82, 2.24) is 0 Å². The zero-order chi connectivity index (χ0) is 10.3. The summed E-state index contributed by atoms with van der Waals surface area (Å²) in [7, 11) is 1.30. The molecule has 0 aliphatic heterocycles. The molecular formula is C8H14O5. The highest BCUT2D eigenvalue weighted by molar-refractivity contribution is 5.57. The number of methoxy groups -OCH3 is 1. The minimum atomic E-state index is -1.22. The van der Waals surface area contributed by atoms with Gasteiger partial charge in [0.15, 0.2) is 12.6 Å². The molecule has 0 aromatic heterocycles. The highest BCUT2D eigenvalue weighted by atomic mass is 16.7. The van der Waals surface area contributed by atoms with Gasteiger partial charge in [0.1, 0.15) is 6.10 Å². The molecule has 5 nitrogen and oxygen atoms in total. The Balaban J connectivity index is 4.09. The average molecular weight is 190 g/mol. The minimum Gasteiger partial charge on any atom is -0.383 e. The summed E-state index contributed by atoms with van der Waals surface area (Å²) in [6, 6.07) is 0. The molecule has 3 unspecified atom stereocenters. The molecule has 76 valence electrons. The fraction of sp³-hybridized carbons (Fsp3) is 0.750. The van der Waals surface area contributed by atoms with E-state index in [9.17, 15) is 9.59 Å². The lowest BCUT2D eigenvalue weighted by atomic mass is 10.2. The third-order valence-corrected chi connectivity index (χ3v) is 1.58. The van der Waals surface area contributed by atoms with Crippen molar-refractivity contribution in [3.05, 3.63) is 0 Å². The van der Waals surface area contributed by atoms with E-state index in [1.807, 2.05) is 0 Å². The van der Waals surface area contributed by atoms with Crippen LogP contribution in [0.2, 0.25) is 0 Å². The number of hydrogen-bond donors (Lipinski definition) is 1. The van der Waals surface area contributed by atoms with Crippen molar-refractivity contribution < 1.29 is 24.2 Å². The lowest BCUT2D eigenvalue weighted by Gasteiger charge is -2.20. The number of hydrogen-bond acceptors (Lipinski definition) is 5. The van der Waals surface area contributed by atoms with Crippen LogP contribution in [0.15, 0.2) is 0 Å². The quantitative estimate of drug-likeness (QED) is 0.433. The first-order valence-electron chi connectivity index (χ1n) is 3.96.